The lowest BCUT2D eigenvalue weighted by atomic mass is 10.1. The maximum Gasteiger partial charge on any atom is 0.267 e. The lowest BCUT2D eigenvalue weighted by Gasteiger charge is -2.33. The molecule has 0 aromatic heterocycles. The standard InChI is InChI=1S/C25H23ClN2O3/c1-17-25(30)28(14-6-9-18-7-3-2-4-8-18)22-16-21(12-13-23(22)31-17)27-24(29)19-10-5-11-20(26)15-19/h2-5,7-8,10-13,15-17H,6,9,14H2,1H3,(H,27,29). The third-order valence-corrected chi connectivity index (χ3v) is 5.44. The van der Waals surface area contributed by atoms with E-state index < -0.39 is 6.10 Å². The Morgan fingerprint density at radius 2 is 1.87 bits per heavy atom. The van der Waals surface area contributed by atoms with E-state index in [1.54, 1.807) is 54.3 Å². The minimum atomic E-state index is -0.545. The summed E-state index contributed by atoms with van der Waals surface area (Å²) in [5, 5.41) is 3.37. The number of carbonyl (C=O) groups is 2. The first-order valence-corrected chi connectivity index (χ1v) is 10.6. The number of fused-ring (bicyclic) bond motifs is 1. The molecule has 1 heterocycles. The summed E-state index contributed by atoms with van der Waals surface area (Å²) in [6.45, 7) is 2.32. The zero-order valence-electron chi connectivity index (χ0n) is 17.2. The minimum absolute atomic E-state index is 0.0844. The molecule has 0 aliphatic carbocycles. The monoisotopic (exact) mass is 434 g/mol. The van der Waals surface area contributed by atoms with Crippen molar-refractivity contribution in [1.29, 1.82) is 0 Å². The van der Waals surface area contributed by atoms with Crippen molar-refractivity contribution in [2.24, 2.45) is 0 Å². The van der Waals surface area contributed by atoms with Crippen LogP contribution >= 0.6 is 11.6 Å². The minimum Gasteiger partial charge on any atom is -0.479 e. The smallest absolute Gasteiger partial charge is 0.267 e. The zero-order chi connectivity index (χ0) is 21.8. The highest BCUT2D eigenvalue weighted by Gasteiger charge is 2.31. The number of rotatable bonds is 6. The number of ether oxygens (including phenoxy) is 1. The van der Waals surface area contributed by atoms with Crippen LogP contribution < -0.4 is 15.0 Å². The van der Waals surface area contributed by atoms with Gasteiger partial charge >= 0.3 is 0 Å². The Morgan fingerprint density at radius 1 is 1.06 bits per heavy atom. The van der Waals surface area contributed by atoms with E-state index in [-0.39, 0.29) is 11.8 Å². The van der Waals surface area contributed by atoms with Crippen LogP contribution in [0, 0.1) is 0 Å². The molecule has 0 fully saturated rings. The third-order valence-electron chi connectivity index (χ3n) is 5.20. The van der Waals surface area contributed by atoms with Crippen LogP contribution in [-0.2, 0) is 11.2 Å². The van der Waals surface area contributed by atoms with Crippen molar-refractivity contribution in [1.82, 2.24) is 0 Å². The Balaban J connectivity index is 1.52. The molecule has 0 radical (unpaired) electrons. The fraction of sp³-hybridized carbons (Fsp3) is 0.200. The molecule has 3 aromatic rings. The number of halogens is 1. The average Bonchev–Trinajstić information content (AvgIpc) is 2.77. The molecule has 0 saturated carbocycles. The summed E-state index contributed by atoms with van der Waals surface area (Å²) in [6, 6.07) is 22.3. The number of aryl methyl sites for hydroxylation is 1. The third kappa shape index (κ3) is 4.89. The first-order chi connectivity index (χ1) is 15.0. The number of nitrogens with one attached hydrogen (secondary N) is 1. The van der Waals surface area contributed by atoms with Crippen molar-refractivity contribution < 1.29 is 14.3 Å². The van der Waals surface area contributed by atoms with E-state index >= 15 is 0 Å². The number of anilines is 2. The lowest BCUT2D eigenvalue weighted by Crippen LogP contribution is -2.45. The molecule has 6 heteroatoms. The Hall–Kier alpha value is -3.31. The van der Waals surface area contributed by atoms with Crippen molar-refractivity contribution >= 4 is 34.8 Å². The quantitative estimate of drug-likeness (QED) is 0.569. The van der Waals surface area contributed by atoms with E-state index in [2.05, 4.69) is 17.4 Å². The molecule has 5 nitrogen and oxygen atoms in total. The number of amides is 2. The van der Waals surface area contributed by atoms with E-state index in [1.165, 1.54) is 5.56 Å². The normalized spacial score (nSPS) is 15.2. The van der Waals surface area contributed by atoms with Crippen LogP contribution in [-0.4, -0.2) is 24.5 Å². The molecule has 31 heavy (non-hydrogen) atoms. The van der Waals surface area contributed by atoms with Gasteiger partial charge in [-0.1, -0.05) is 48.0 Å². The van der Waals surface area contributed by atoms with Gasteiger partial charge in [-0.05, 0) is 61.7 Å². The van der Waals surface area contributed by atoms with Crippen molar-refractivity contribution in [2.75, 3.05) is 16.8 Å². The molecule has 2 amide bonds. The van der Waals surface area contributed by atoms with E-state index in [9.17, 15) is 9.59 Å². The van der Waals surface area contributed by atoms with Crippen LogP contribution in [0.5, 0.6) is 5.75 Å². The van der Waals surface area contributed by atoms with Gasteiger partial charge in [0.25, 0.3) is 11.8 Å². The Labute approximate surface area is 186 Å². The summed E-state index contributed by atoms with van der Waals surface area (Å²) in [5.41, 5.74) is 2.95. The van der Waals surface area contributed by atoms with Crippen molar-refractivity contribution in [2.45, 2.75) is 25.9 Å². The lowest BCUT2D eigenvalue weighted by molar-refractivity contribution is -0.125. The van der Waals surface area contributed by atoms with Gasteiger partial charge in [0, 0.05) is 22.8 Å². The molecule has 1 aliphatic heterocycles. The van der Waals surface area contributed by atoms with Crippen molar-refractivity contribution in [3.63, 3.8) is 0 Å². The number of nitrogens with zero attached hydrogens (tertiary/aromatic N) is 1. The second kappa shape index (κ2) is 9.23. The molecular weight excluding hydrogens is 412 g/mol. The van der Waals surface area contributed by atoms with Gasteiger partial charge < -0.3 is 15.0 Å². The van der Waals surface area contributed by atoms with E-state index in [4.69, 9.17) is 16.3 Å². The van der Waals surface area contributed by atoms with E-state index in [0.29, 0.717) is 34.3 Å². The summed E-state index contributed by atoms with van der Waals surface area (Å²) in [5.74, 6) is 0.279. The van der Waals surface area contributed by atoms with Gasteiger partial charge in [-0.15, -0.1) is 0 Å². The molecule has 1 aliphatic rings. The molecule has 3 aromatic carbocycles. The predicted octanol–water partition coefficient (Wildman–Crippen LogP) is 5.34. The molecular formula is C25H23ClN2O3. The van der Waals surface area contributed by atoms with Gasteiger partial charge in [0.15, 0.2) is 6.10 Å². The maximum absolute atomic E-state index is 12.8. The summed E-state index contributed by atoms with van der Waals surface area (Å²) in [7, 11) is 0. The number of carbonyl (C=O) groups excluding carboxylic acids is 2. The summed E-state index contributed by atoms with van der Waals surface area (Å²) in [6.07, 6.45) is 1.15. The Morgan fingerprint density at radius 3 is 2.65 bits per heavy atom. The molecule has 0 spiro atoms. The van der Waals surface area contributed by atoms with Crippen LogP contribution in [0.2, 0.25) is 5.02 Å². The number of hydrogen-bond donors (Lipinski definition) is 1. The second-order valence-electron chi connectivity index (χ2n) is 7.49. The van der Waals surface area contributed by atoms with Gasteiger partial charge in [-0.3, -0.25) is 9.59 Å². The molecule has 4 rings (SSSR count). The van der Waals surface area contributed by atoms with E-state index in [1.807, 2.05) is 18.2 Å². The van der Waals surface area contributed by atoms with Gasteiger partial charge in [0.05, 0.1) is 5.69 Å². The molecule has 1 atom stereocenters. The molecule has 1 unspecified atom stereocenters. The number of benzene rings is 3. The Bertz CT molecular complexity index is 1100. The Kier molecular flexibility index (Phi) is 6.23. The first kappa shape index (κ1) is 20.9. The fourth-order valence-electron chi connectivity index (χ4n) is 3.63. The van der Waals surface area contributed by atoms with Gasteiger partial charge in [-0.25, -0.2) is 0 Å². The van der Waals surface area contributed by atoms with Crippen LogP contribution in [0.4, 0.5) is 11.4 Å². The molecule has 158 valence electrons. The SMILES string of the molecule is CC1Oc2ccc(NC(=O)c3cccc(Cl)c3)cc2N(CCCc2ccccc2)C1=O. The summed E-state index contributed by atoms with van der Waals surface area (Å²) in [4.78, 5) is 27.2. The van der Waals surface area contributed by atoms with Gasteiger partial charge in [0.1, 0.15) is 5.75 Å². The van der Waals surface area contributed by atoms with Crippen molar-refractivity contribution in [3.8, 4) is 5.75 Å². The molecule has 0 bridgehead atoms. The van der Waals surface area contributed by atoms with Crippen molar-refractivity contribution in [3.05, 3.63) is 88.9 Å². The predicted molar refractivity (Wildman–Crippen MR) is 123 cm³/mol. The summed E-state index contributed by atoms with van der Waals surface area (Å²) >= 11 is 5.99. The number of hydrogen-bond acceptors (Lipinski definition) is 3. The van der Waals surface area contributed by atoms with Crippen LogP contribution in [0.1, 0.15) is 29.3 Å². The van der Waals surface area contributed by atoms with E-state index in [0.717, 1.165) is 12.8 Å². The zero-order valence-corrected chi connectivity index (χ0v) is 17.9. The van der Waals surface area contributed by atoms with Crippen LogP contribution in [0.15, 0.2) is 72.8 Å². The molecule has 1 N–H and O–H groups in total. The summed E-state index contributed by atoms with van der Waals surface area (Å²) < 4.78 is 5.78. The first-order valence-electron chi connectivity index (χ1n) is 10.2. The topological polar surface area (TPSA) is 58.6 Å². The largest absolute Gasteiger partial charge is 0.479 e. The highest BCUT2D eigenvalue weighted by molar-refractivity contribution is 6.31. The highest BCUT2D eigenvalue weighted by atomic mass is 35.5. The van der Waals surface area contributed by atoms with Crippen LogP contribution in [0.3, 0.4) is 0 Å². The fourth-order valence-corrected chi connectivity index (χ4v) is 3.82. The molecule has 0 saturated heterocycles. The maximum atomic E-state index is 12.8. The van der Waals surface area contributed by atoms with Gasteiger partial charge in [0.2, 0.25) is 0 Å². The highest BCUT2D eigenvalue weighted by Crippen LogP contribution is 2.36. The average molecular weight is 435 g/mol. The van der Waals surface area contributed by atoms with Gasteiger partial charge in [-0.2, -0.15) is 0 Å². The van der Waals surface area contributed by atoms with Crippen LogP contribution in [0.25, 0.3) is 0 Å². The second-order valence-corrected chi connectivity index (χ2v) is 7.92.